The quantitative estimate of drug-likeness (QED) is 0.234. The summed E-state index contributed by atoms with van der Waals surface area (Å²) in [4.78, 5) is 10.8. The molecule has 34 heavy (non-hydrogen) atoms. The molecule has 1 saturated carbocycles. The molecule has 1 fully saturated rings. The van der Waals surface area contributed by atoms with E-state index in [1.165, 1.54) is 5.56 Å². The minimum absolute atomic E-state index is 0.139. The molecular formula is C26H43NO7. The van der Waals surface area contributed by atoms with Gasteiger partial charge >= 0.3 is 5.97 Å². The summed E-state index contributed by atoms with van der Waals surface area (Å²) >= 11 is 0. The van der Waals surface area contributed by atoms with E-state index >= 15 is 0 Å². The van der Waals surface area contributed by atoms with Crippen LogP contribution in [0.25, 0.3) is 0 Å². The topological polar surface area (TPSA) is 139 Å². The summed E-state index contributed by atoms with van der Waals surface area (Å²) in [5, 5.41) is 48.8. The molecule has 0 bridgehead atoms. The highest BCUT2D eigenvalue weighted by Gasteiger charge is 2.44. The van der Waals surface area contributed by atoms with Gasteiger partial charge in [-0.15, -0.1) is 0 Å². The van der Waals surface area contributed by atoms with Crippen LogP contribution < -0.4 is 10.1 Å². The number of ether oxygens (including phenoxy) is 1. The number of fused-ring (bicyclic) bond motifs is 2. The molecule has 0 amide bonds. The van der Waals surface area contributed by atoms with E-state index in [9.17, 15) is 15.0 Å². The van der Waals surface area contributed by atoms with Gasteiger partial charge in [0.15, 0.2) is 6.61 Å². The van der Waals surface area contributed by atoms with Crippen LogP contribution >= 0.6 is 0 Å². The van der Waals surface area contributed by atoms with E-state index in [1.807, 2.05) is 12.1 Å². The first-order chi connectivity index (χ1) is 16.4. The summed E-state index contributed by atoms with van der Waals surface area (Å²) in [6.45, 7) is 3.22. The van der Waals surface area contributed by atoms with E-state index in [1.54, 1.807) is 0 Å². The SMILES string of the molecule is CCCC[C@H](O)CC[C@@H]1[C@H]2Cc3cccc(OCC(=O)O)c3C[C@H]2C[C@H]1O.OCCNCCO. The summed E-state index contributed by atoms with van der Waals surface area (Å²) in [6, 6.07) is 5.86. The Labute approximate surface area is 203 Å². The number of aliphatic carboxylic acids is 1. The van der Waals surface area contributed by atoms with Gasteiger partial charge in [0.2, 0.25) is 0 Å². The Morgan fingerprint density at radius 2 is 1.91 bits per heavy atom. The van der Waals surface area contributed by atoms with Crippen molar-refractivity contribution in [1.29, 1.82) is 0 Å². The van der Waals surface area contributed by atoms with Crippen LogP contribution in [0.3, 0.4) is 0 Å². The maximum absolute atomic E-state index is 10.8. The van der Waals surface area contributed by atoms with Crippen molar-refractivity contribution >= 4 is 5.97 Å². The summed E-state index contributed by atoms with van der Waals surface area (Å²) in [7, 11) is 0. The zero-order valence-corrected chi connectivity index (χ0v) is 20.4. The Bertz CT molecular complexity index is 725. The molecule has 0 radical (unpaired) electrons. The molecule has 3 rings (SSSR count). The van der Waals surface area contributed by atoms with Gasteiger partial charge in [-0.05, 0) is 73.5 Å². The number of hydrogen-bond acceptors (Lipinski definition) is 7. The lowest BCUT2D eigenvalue weighted by atomic mass is 9.73. The van der Waals surface area contributed by atoms with Crippen molar-refractivity contribution in [3.05, 3.63) is 29.3 Å². The first-order valence-corrected chi connectivity index (χ1v) is 12.6. The fourth-order valence-electron chi connectivity index (χ4n) is 5.33. The Morgan fingerprint density at radius 3 is 2.56 bits per heavy atom. The largest absolute Gasteiger partial charge is 0.482 e. The van der Waals surface area contributed by atoms with Crippen molar-refractivity contribution in [2.45, 2.75) is 70.5 Å². The monoisotopic (exact) mass is 481 g/mol. The van der Waals surface area contributed by atoms with Crippen molar-refractivity contribution in [2.24, 2.45) is 17.8 Å². The van der Waals surface area contributed by atoms with Crippen LogP contribution in [0, 0.1) is 17.8 Å². The smallest absolute Gasteiger partial charge is 0.341 e. The molecule has 0 aliphatic heterocycles. The van der Waals surface area contributed by atoms with Gasteiger partial charge in [-0.25, -0.2) is 4.79 Å². The second kappa shape index (κ2) is 15.3. The van der Waals surface area contributed by atoms with Crippen molar-refractivity contribution in [1.82, 2.24) is 5.32 Å². The van der Waals surface area contributed by atoms with Crippen molar-refractivity contribution in [3.63, 3.8) is 0 Å². The lowest BCUT2D eigenvalue weighted by molar-refractivity contribution is -0.139. The Hall–Kier alpha value is -1.71. The van der Waals surface area contributed by atoms with Crippen molar-refractivity contribution in [3.8, 4) is 5.75 Å². The highest BCUT2D eigenvalue weighted by atomic mass is 16.5. The van der Waals surface area contributed by atoms with Crippen LogP contribution in [-0.2, 0) is 17.6 Å². The third-order valence-corrected chi connectivity index (χ3v) is 7.00. The van der Waals surface area contributed by atoms with E-state index in [-0.39, 0.29) is 37.9 Å². The molecule has 8 heteroatoms. The van der Waals surface area contributed by atoms with E-state index in [0.717, 1.165) is 56.9 Å². The summed E-state index contributed by atoms with van der Waals surface area (Å²) in [5.41, 5.74) is 2.32. The molecule has 0 saturated heterocycles. The van der Waals surface area contributed by atoms with Crippen LogP contribution in [0.2, 0.25) is 0 Å². The number of hydrogen-bond donors (Lipinski definition) is 6. The third kappa shape index (κ3) is 8.82. The molecule has 1 aromatic carbocycles. The van der Waals surface area contributed by atoms with Gasteiger partial charge in [-0.3, -0.25) is 0 Å². The number of carboxylic acid groups (broad SMARTS) is 1. The Balaban J connectivity index is 0.000000509. The van der Waals surface area contributed by atoms with Crippen LogP contribution in [-0.4, -0.2) is 76.6 Å². The first kappa shape index (κ1) is 28.5. The number of carbonyl (C=O) groups is 1. The zero-order valence-electron chi connectivity index (χ0n) is 20.4. The lowest BCUT2D eigenvalue weighted by Crippen LogP contribution is -2.28. The standard InChI is InChI=1S/C22H32O5.C4H11NO2/c1-2-3-6-16(23)8-9-17-18-10-14-5-4-7-21(27-13-22(25)26)19(14)11-15(18)12-20(17)24;6-3-1-5-2-4-7/h4-5,7,15-18,20,23-24H,2-3,6,8-13H2,1H3,(H,25,26);5-7H,1-4H2/t15-,16-,17+,18-,20+;/m0./s1. The molecule has 2 aliphatic carbocycles. The van der Waals surface area contributed by atoms with Crippen molar-refractivity contribution < 1.29 is 35.1 Å². The number of benzene rings is 1. The van der Waals surface area contributed by atoms with E-state index in [4.69, 9.17) is 20.1 Å². The molecule has 0 heterocycles. The molecular weight excluding hydrogens is 438 g/mol. The number of rotatable bonds is 13. The van der Waals surface area contributed by atoms with Gasteiger partial charge in [0.25, 0.3) is 0 Å². The summed E-state index contributed by atoms with van der Waals surface area (Å²) in [6.07, 6.45) is 6.58. The lowest BCUT2D eigenvalue weighted by Gasteiger charge is -2.32. The fraction of sp³-hybridized carbons (Fsp3) is 0.731. The van der Waals surface area contributed by atoms with Crippen LogP contribution in [0.5, 0.6) is 5.75 Å². The number of nitrogens with one attached hydrogen (secondary N) is 1. The van der Waals surface area contributed by atoms with E-state index < -0.39 is 5.97 Å². The fourth-order valence-corrected chi connectivity index (χ4v) is 5.33. The molecule has 8 nitrogen and oxygen atoms in total. The maximum Gasteiger partial charge on any atom is 0.341 e. The minimum atomic E-state index is -0.973. The molecule has 194 valence electrons. The minimum Gasteiger partial charge on any atom is -0.482 e. The van der Waals surface area contributed by atoms with E-state index in [2.05, 4.69) is 18.3 Å². The van der Waals surface area contributed by atoms with E-state index in [0.29, 0.717) is 30.7 Å². The zero-order chi connectivity index (χ0) is 24.9. The Morgan fingerprint density at radius 1 is 1.18 bits per heavy atom. The average Bonchev–Trinajstić information content (AvgIpc) is 3.13. The second-order valence-electron chi connectivity index (χ2n) is 9.45. The molecule has 0 unspecified atom stereocenters. The predicted molar refractivity (Wildman–Crippen MR) is 130 cm³/mol. The molecule has 0 spiro atoms. The third-order valence-electron chi connectivity index (χ3n) is 7.00. The van der Waals surface area contributed by atoms with Gasteiger partial charge in [0.05, 0.1) is 25.4 Å². The molecule has 5 atom stereocenters. The van der Waals surface area contributed by atoms with Gasteiger partial charge < -0.3 is 35.6 Å². The van der Waals surface area contributed by atoms with Gasteiger partial charge in [-0.2, -0.15) is 0 Å². The van der Waals surface area contributed by atoms with Crippen molar-refractivity contribution in [2.75, 3.05) is 32.9 Å². The summed E-state index contributed by atoms with van der Waals surface area (Å²) in [5.74, 6) is 0.768. The predicted octanol–water partition coefficient (Wildman–Crippen LogP) is 1.75. The molecule has 1 aromatic rings. The average molecular weight is 482 g/mol. The Kier molecular flexibility index (Phi) is 12.9. The van der Waals surface area contributed by atoms with Gasteiger partial charge in [0, 0.05) is 13.1 Å². The molecule has 2 aliphatic rings. The highest BCUT2D eigenvalue weighted by Crippen LogP contribution is 2.48. The number of unbranched alkanes of at least 4 members (excludes halogenated alkanes) is 1. The van der Waals surface area contributed by atoms with Gasteiger partial charge in [-0.1, -0.05) is 31.9 Å². The molecule has 6 N–H and O–H groups in total. The highest BCUT2D eigenvalue weighted by molar-refractivity contribution is 5.68. The number of aliphatic hydroxyl groups excluding tert-OH is 4. The summed E-state index contributed by atoms with van der Waals surface area (Å²) < 4.78 is 5.49. The number of carboxylic acids is 1. The molecule has 0 aromatic heterocycles. The van der Waals surface area contributed by atoms with Crippen LogP contribution in [0.15, 0.2) is 18.2 Å². The maximum atomic E-state index is 10.8. The van der Waals surface area contributed by atoms with Gasteiger partial charge in [0.1, 0.15) is 5.75 Å². The normalized spacial score (nSPS) is 23.9. The van der Waals surface area contributed by atoms with Crippen LogP contribution in [0.1, 0.15) is 56.6 Å². The number of aliphatic hydroxyl groups is 4. The van der Waals surface area contributed by atoms with Crippen LogP contribution in [0.4, 0.5) is 0 Å². The first-order valence-electron chi connectivity index (χ1n) is 12.6. The second-order valence-corrected chi connectivity index (χ2v) is 9.45.